The third-order valence-corrected chi connectivity index (χ3v) is 3.99. The van der Waals surface area contributed by atoms with Crippen molar-refractivity contribution in [2.45, 2.75) is 13.0 Å². The first kappa shape index (κ1) is 14.7. The Hall–Kier alpha value is -1.75. The molecule has 7 heteroatoms. The van der Waals surface area contributed by atoms with Gasteiger partial charge in [0.1, 0.15) is 4.88 Å². The minimum Gasteiger partial charge on any atom is -0.395 e. The molecule has 2 rings (SSSR count). The Morgan fingerprint density at radius 2 is 2.40 bits per heavy atom. The second-order valence-electron chi connectivity index (χ2n) is 4.04. The lowest BCUT2D eigenvalue weighted by atomic mass is 10.3. The lowest BCUT2D eigenvalue weighted by molar-refractivity contribution is 0.0790. The monoisotopic (exact) mass is 307 g/mol. The Bertz CT molecular complexity index is 626. The van der Waals surface area contributed by atoms with E-state index in [1.165, 1.54) is 17.5 Å². The van der Waals surface area contributed by atoms with Crippen molar-refractivity contribution in [1.82, 2.24) is 14.5 Å². The quantitative estimate of drug-likeness (QED) is 0.872. The molecule has 20 heavy (non-hydrogen) atoms. The number of aliphatic hydroxyl groups excluding tert-OH is 1. The van der Waals surface area contributed by atoms with Gasteiger partial charge in [0.25, 0.3) is 5.91 Å². The summed E-state index contributed by atoms with van der Waals surface area (Å²) < 4.78 is 3.69. The van der Waals surface area contributed by atoms with Gasteiger partial charge >= 0.3 is 0 Å². The second-order valence-corrected chi connectivity index (χ2v) is 5.73. The van der Waals surface area contributed by atoms with Crippen LogP contribution in [-0.2, 0) is 6.54 Å². The summed E-state index contributed by atoms with van der Waals surface area (Å²) in [5.74, 6) is 5.78. The maximum absolute atomic E-state index is 12.0. The van der Waals surface area contributed by atoms with Crippen LogP contribution in [-0.4, -0.2) is 39.2 Å². The fourth-order valence-corrected chi connectivity index (χ4v) is 2.81. The minimum atomic E-state index is -0.0842. The summed E-state index contributed by atoms with van der Waals surface area (Å²) in [5, 5.41) is 14.3. The van der Waals surface area contributed by atoms with Crippen LogP contribution in [0.3, 0.4) is 0 Å². The van der Waals surface area contributed by atoms with Crippen molar-refractivity contribution < 1.29 is 9.90 Å². The number of aromatic nitrogens is 2. The molecule has 0 unspecified atom stereocenters. The van der Waals surface area contributed by atoms with Gasteiger partial charge in [0.05, 0.1) is 17.7 Å². The standard InChI is InChI=1S/C13H13N3O2S2/c1-16(13(18)12-7-14-15-20-12)8-10-6-11(19-9-10)4-2-3-5-17/h6-7,9,17H,3,5,8H2,1H3. The molecular formula is C13H13N3O2S2. The fourth-order valence-electron chi connectivity index (χ4n) is 1.52. The number of hydrogen-bond donors (Lipinski definition) is 1. The molecule has 0 atom stereocenters. The summed E-state index contributed by atoms with van der Waals surface area (Å²) in [5.41, 5.74) is 1.04. The van der Waals surface area contributed by atoms with Crippen molar-refractivity contribution in [3.8, 4) is 11.8 Å². The average molecular weight is 307 g/mol. The van der Waals surface area contributed by atoms with E-state index in [-0.39, 0.29) is 12.5 Å². The van der Waals surface area contributed by atoms with Crippen molar-refractivity contribution in [3.05, 3.63) is 33.0 Å². The number of hydrogen-bond acceptors (Lipinski definition) is 6. The van der Waals surface area contributed by atoms with E-state index in [0.29, 0.717) is 17.8 Å². The molecule has 0 aliphatic carbocycles. The predicted octanol–water partition coefficient (Wildman–Crippen LogP) is 1.61. The van der Waals surface area contributed by atoms with Crippen LogP contribution in [0.1, 0.15) is 26.5 Å². The summed E-state index contributed by atoms with van der Waals surface area (Å²) in [6, 6.07) is 1.96. The van der Waals surface area contributed by atoms with Crippen molar-refractivity contribution in [3.63, 3.8) is 0 Å². The molecule has 0 spiro atoms. The lowest BCUT2D eigenvalue weighted by Crippen LogP contribution is -2.25. The maximum atomic E-state index is 12.0. The highest BCUT2D eigenvalue weighted by Gasteiger charge is 2.14. The van der Waals surface area contributed by atoms with E-state index in [0.717, 1.165) is 22.0 Å². The minimum absolute atomic E-state index is 0.0748. The van der Waals surface area contributed by atoms with E-state index in [2.05, 4.69) is 21.4 Å². The molecule has 0 fully saturated rings. The molecule has 1 N–H and O–H groups in total. The normalized spacial score (nSPS) is 9.90. The lowest BCUT2D eigenvalue weighted by Gasteiger charge is -2.14. The SMILES string of the molecule is CN(Cc1csc(C#CCCO)c1)C(=O)c1cnns1. The van der Waals surface area contributed by atoms with Gasteiger partial charge in [-0.15, -0.1) is 16.4 Å². The molecule has 0 aliphatic rings. The third-order valence-electron chi connectivity index (χ3n) is 2.44. The topological polar surface area (TPSA) is 66.3 Å². The number of aliphatic hydroxyl groups is 1. The Kier molecular flexibility index (Phi) is 5.24. The molecule has 2 aromatic rings. The molecule has 0 saturated heterocycles. The van der Waals surface area contributed by atoms with Gasteiger partial charge in [-0.3, -0.25) is 4.79 Å². The molecule has 5 nitrogen and oxygen atoms in total. The summed E-state index contributed by atoms with van der Waals surface area (Å²) in [7, 11) is 1.75. The highest BCUT2D eigenvalue weighted by molar-refractivity contribution is 7.10. The van der Waals surface area contributed by atoms with E-state index < -0.39 is 0 Å². The first-order chi connectivity index (χ1) is 9.70. The van der Waals surface area contributed by atoms with Crippen LogP contribution in [0.5, 0.6) is 0 Å². The molecule has 0 bridgehead atoms. The van der Waals surface area contributed by atoms with Gasteiger partial charge in [0.15, 0.2) is 0 Å². The number of amides is 1. The number of thiophene rings is 1. The van der Waals surface area contributed by atoms with E-state index in [1.807, 2.05) is 11.4 Å². The van der Waals surface area contributed by atoms with Gasteiger partial charge in [0, 0.05) is 20.0 Å². The predicted molar refractivity (Wildman–Crippen MR) is 78.6 cm³/mol. The van der Waals surface area contributed by atoms with Crippen molar-refractivity contribution in [1.29, 1.82) is 0 Å². The van der Waals surface area contributed by atoms with Crippen LogP contribution >= 0.6 is 22.9 Å². The average Bonchev–Trinajstić information content (AvgIpc) is 3.09. The molecule has 104 valence electrons. The van der Waals surface area contributed by atoms with Crippen LogP contribution in [0.15, 0.2) is 17.6 Å². The zero-order valence-electron chi connectivity index (χ0n) is 10.9. The van der Waals surface area contributed by atoms with Gasteiger partial charge in [0.2, 0.25) is 0 Å². The highest BCUT2D eigenvalue weighted by atomic mass is 32.1. The van der Waals surface area contributed by atoms with Crippen LogP contribution in [0.25, 0.3) is 0 Å². The maximum Gasteiger partial charge on any atom is 0.267 e. The number of nitrogens with zero attached hydrogens (tertiary/aromatic N) is 3. The van der Waals surface area contributed by atoms with Crippen molar-refractivity contribution in [2.75, 3.05) is 13.7 Å². The zero-order valence-corrected chi connectivity index (χ0v) is 12.5. The summed E-state index contributed by atoms with van der Waals surface area (Å²) in [6.07, 6.45) is 1.95. The van der Waals surface area contributed by atoms with E-state index in [4.69, 9.17) is 5.11 Å². The Morgan fingerprint density at radius 1 is 1.55 bits per heavy atom. The van der Waals surface area contributed by atoms with Crippen molar-refractivity contribution >= 4 is 28.8 Å². The van der Waals surface area contributed by atoms with Crippen LogP contribution in [0.4, 0.5) is 0 Å². The smallest absolute Gasteiger partial charge is 0.267 e. The molecule has 0 saturated carbocycles. The van der Waals surface area contributed by atoms with Crippen LogP contribution in [0.2, 0.25) is 0 Å². The number of rotatable bonds is 4. The Balaban J connectivity index is 1.97. The Labute approximate surface area is 125 Å². The first-order valence-corrected chi connectivity index (χ1v) is 7.56. The van der Waals surface area contributed by atoms with Crippen molar-refractivity contribution in [2.24, 2.45) is 0 Å². The molecule has 0 aromatic carbocycles. The number of carbonyl (C=O) groups is 1. The van der Waals surface area contributed by atoms with Crippen LogP contribution < -0.4 is 0 Å². The molecule has 1 amide bonds. The summed E-state index contributed by atoms with van der Waals surface area (Å²) in [6.45, 7) is 0.597. The number of carbonyl (C=O) groups excluding carboxylic acids is 1. The summed E-state index contributed by atoms with van der Waals surface area (Å²) in [4.78, 5) is 15.1. The molecule has 2 heterocycles. The van der Waals surface area contributed by atoms with Gasteiger partial charge in [-0.1, -0.05) is 16.3 Å². The third kappa shape index (κ3) is 3.87. The molecule has 0 radical (unpaired) electrons. The molecule has 2 aromatic heterocycles. The van der Waals surface area contributed by atoms with E-state index in [1.54, 1.807) is 11.9 Å². The second kappa shape index (κ2) is 7.14. The fraction of sp³-hybridized carbons (Fsp3) is 0.308. The summed E-state index contributed by atoms with van der Waals surface area (Å²) >= 11 is 2.63. The first-order valence-electron chi connectivity index (χ1n) is 5.90. The van der Waals surface area contributed by atoms with Crippen LogP contribution in [0, 0.1) is 11.8 Å². The Morgan fingerprint density at radius 3 is 3.10 bits per heavy atom. The highest BCUT2D eigenvalue weighted by Crippen LogP contribution is 2.16. The zero-order chi connectivity index (χ0) is 14.4. The van der Waals surface area contributed by atoms with E-state index >= 15 is 0 Å². The largest absolute Gasteiger partial charge is 0.395 e. The molecular weight excluding hydrogens is 294 g/mol. The van der Waals surface area contributed by atoms with E-state index in [9.17, 15) is 4.79 Å². The van der Waals surface area contributed by atoms with Gasteiger partial charge in [-0.2, -0.15) is 0 Å². The molecule has 0 aliphatic heterocycles. The van der Waals surface area contributed by atoms with Gasteiger partial charge in [-0.25, -0.2) is 0 Å². The van der Waals surface area contributed by atoms with Gasteiger partial charge in [-0.05, 0) is 28.5 Å². The van der Waals surface area contributed by atoms with Gasteiger partial charge < -0.3 is 10.0 Å².